The average Bonchev–Trinajstić information content (AvgIpc) is 2.29. The Balaban J connectivity index is 3.11. The summed E-state index contributed by atoms with van der Waals surface area (Å²) in [5, 5.41) is 11.3. The van der Waals surface area contributed by atoms with Gasteiger partial charge in [-0.2, -0.15) is 0 Å². The summed E-state index contributed by atoms with van der Waals surface area (Å²) in [5.41, 5.74) is -1.82. The molecular formula is C11H12F3NO2. The first kappa shape index (κ1) is 13.3. The van der Waals surface area contributed by atoms with E-state index in [-0.39, 0.29) is 12.1 Å². The Morgan fingerprint density at radius 3 is 2.41 bits per heavy atom. The van der Waals surface area contributed by atoms with Gasteiger partial charge in [0.25, 0.3) is 0 Å². The van der Waals surface area contributed by atoms with Gasteiger partial charge < -0.3 is 10.4 Å². The monoisotopic (exact) mass is 247 g/mol. The fourth-order valence-electron chi connectivity index (χ4n) is 1.21. The van der Waals surface area contributed by atoms with Gasteiger partial charge in [-0.05, 0) is 25.5 Å². The van der Waals surface area contributed by atoms with E-state index in [1.807, 2.05) is 0 Å². The van der Waals surface area contributed by atoms with Gasteiger partial charge >= 0.3 is 5.97 Å². The molecule has 0 unspecified atom stereocenters. The molecular weight excluding hydrogens is 235 g/mol. The van der Waals surface area contributed by atoms with Crippen LogP contribution in [0.15, 0.2) is 12.1 Å². The highest BCUT2D eigenvalue weighted by atomic mass is 19.2. The van der Waals surface area contributed by atoms with E-state index in [0.717, 1.165) is 12.1 Å². The Kier molecular flexibility index (Phi) is 3.65. The first-order chi connectivity index (χ1) is 7.81. The molecule has 1 rings (SSSR count). The van der Waals surface area contributed by atoms with Crippen molar-refractivity contribution in [3.05, 3.63) is 29.6 Å². The summed E-state index contributed by atoms with van der Waals surface area (Å²) in [4.78, 5) is 11.0. The van der Waals surface area contributed by atoms with Crippen LogP contribution in [0.4, 0.5) is 18.9 Å². The summed E-state index contributed by atoms with van der Waals surface area (Å²) in [6.45, 7) is 2.91. The van der Waals surface area contributed by atoms with Crippen molar-refractivity contribution in [1.82, 2.24) is 0 Å². The zero-order chi connectivity index (χ0) is 13.2. The van der Waals surface area contributed by atoms with Gasteiger partial charge in [0.2, 0.25) is 0 Å². The third kappa shape index (κ3) is 2.51. The Bertz CT molecular complexity index is 451. The summed E-state index contributed by atoms with van der Waals surface area (Å²) in [6, 6.07) is 1.70. The standard InChI is InChI=1S/C11H12F3NO2/c1-3-11(2,10(16)17)15-7-5-4-6(12)8(13)9(7)14/h4-5,15H,3H2,1-2H3,(H,16,17)/t11-/m0/s1. The number of anilines is 1. The molecule has 0 spiro atoms. The minimum Gasteiger partial charge on any atom is -0.480 e. The predicted molar refractivity (Wildman–Crippen MR) is 56.3 cm³/mol. The lowest BCUT2D eigenvalue weighted by Crippen LogP contribution is -2.43. The van der Waals surface area contributed by atoms with Crippen molar-refractivity contribution in [3.63, 3.8) is 0 Å². The molecule has 17 heavy (non-hydrogen) atoms. The topological polar surface area (TPSA) is 49.3 Å². The number of carboxylic acid groups (broad SMARTS) is 1. The number of aliphatic carboxylic acids is 1. The summed E-state index contributed by atoms with van der Waals surface area (Å²) < 4.78 is 38.9. The van der Waals surface area contributed by atoms with Gasteiger partial charge in [-0.25, -0.2) is 18.0 Å². The molecule has 0 saturated carbocycles. The highest BCUT2D eigenvalue weighted by molar-refractivity contribution is 5.82. The quantitative estimate of drug-likeness (QED) is 0.804. The number of hydrogen-bond acceptors (Lipinski definition) is 2. The fraction of sp³-hybridized carbons (Fsp3) is 0.364. The molecule has 94 valence electrons. The van der Waals surface area contributed by atoms with Crippen LogP contribution in [0.1, 0.15) is 20.3 Å². The van der Waals surface area contributed by atoms with Crippen molar-refractivity contribution in [2.45, 2.75) is 25.8 Å². The molecule has 2 N–H and O–H groups in total. The molecule has 3 nitrogen and oxygen atoms in total. The molecule has 0 aliphatic carbocycles. The van der Waals surface area contributed by atoms with Crippen LogP contribution in [0.2, 0.25) is 0 Å². The Morgan fingerprint density at radius 2 is 1.94 bits per heavy atom. The highest BCUT2D eigenvalue weighted by Crippen LogP contribution is 2.24. The lowest BCUT2D eigenvalue weighted by atomic mass is 9.98. The first-order valence-corrected chi connectivity index (χ1v) is 4.97. The molecule has 0 amide bonds. The van der Waals surface area contributed by atoms with Crippen LogP contribution in [0.5, 0.6) is 0 Å². The van der Waals surface area contributed by atoms with Crippen LogP contribution in [-0.2, 0) is 4.79 Å². The first-order valence-electron chi connectivity index (χ1n) is 4.97. The maximum Gasteiger partial charge on any atom is 0.329 e. The van der Waals surface area contributed by atoms with E-state index in [1.54, 1.807) is 6.92 Å². The van der Waals surface area contributed by atoms with E-state index < -0.39 is 29.0 Å². The van der Waals surface area contributed by atoms with Crippen molar-refractivity contribution < 1.29 is 23.1 Å². The van der Waals surface area contributed by atoms with Gasteiger partial charge in [-0.15, -0.1) is 0 Å². The number of hydrogen-bond donors (Lipinski definition) is 2. The number of carboxylic acids is 1. The number of nitrogens with one attached hydrogen (secondary N) is 1. The van der Waals surface area contributed by atoms with E-state index in [1.165, 1.54) is 6.92 Å². The van der Waals surface area contributed by atoms with Crippen molar-refractivity contribution in [2.75, 3.05) is 5.32 Å². The van der Waals surface area contributed by atoms with Gasteiger partial charge in [0.05, 0.1) is 5.69 Å². The third-order valence-electron chi connectivity index (χ3n) is 2.62. The minimum atomic E-state index is -1.63. The van der Waals surface area contributed by atoms with Crippen LogP contribution in [0.3, 0.4) is 0 Å². The van der Waals surface area contributed by atoms with Crippen LogP contribution < -0.4 is 5.32 Å². The smallest absolute Gasteiger partial charge is 0.329 e. The van der Waals surface area contributed by atoms with E-state index >= 15 is 0 Å². The molecule has 0 heterocycles. The van der Waals surface area contributed by atoms with Gasteiger partial charge in [-0.1, -0.05) is 6.92 Å². The zero-order valence-electron chi connectivity index (χ0n) is 9.35. The maximum atomic E-state index is 13.3. The Hall–Kier alpha value is -1.72. The molecule has 1 aromatic carbocycles. The van der Waals surface area contributed by atoms with Crippen molar-refractivity contribution in [2.24, 2.45) is 0 Å². The molecule has 0 fully saturated rings. The lowest BCUT2D eigenvalue weighted by molar-refractivity contribution is -0.141. The minimum absolute atomic E-state index is 0.154. The maximum absolute atomic E-state index is 13.3. The molecule has 0 aromatic heterocycles. The van der Waals surface area contributed by atoms with Crippen molar-refractivity contribution in [3.8, 4) is 0 Å². The molecule has 1 aromatic rings. The van der Waals surface area contributed by atoms with Crippen molar-refractivity contribution in [1.29, 1.82) is 0 Å². The third-order valence-corrected chi connectivity index (χ3v) is 2.62. The number of rotatable bonds is 4. The van der Waals surface area contributed by atoms with Gasteiger partial charge in [0.1, 0.15) is 5.54 Å². The SMILES string of the molecule is CC[C@](C)(Nc1ccc(F)c(F)c1F)C(=O)O. The zero-order valence-corrected chi connectivity index (χ0v) is 9.35. The molecule has 0 radical (unpaired) electrons. The molecule has 1 atom stereocenters. The van der Waals surface area contributed by atoms with Crippen LogP contribution in [0, 0.1) is 17.5 Å². The Labute approximate surface area is 96.3 Å². The number of halogens is 3. The summed E-state index contributed by atoms with van der Waals surface area (Å²) in [7, 11) is 0. The second-order valence-electron chi connectivity index (χ2n) is 3.84. The molecule has 0 bridgehead atoms. The second kappa shape index (κ2) is 4.65. The predicted octanol–water partition coefficient (Wildman–Crippen LogP) is 2.77. The van der Waals surface area contributed by atoms with Gasteiger partial charge in [0.15, 0.2) is 17.5 Å². The number of carbonyl (C=O) groups is 1. The van der Waals surface area contributed by atoms with Crippen LogP contribution in [-0.4, -0.2) is 16.6 Å². The summed E-state index contributed by atoms with van der Waals surface area (Å²) >= 11 is 0. The van der Waals surface area contributed by atoms with Crippen LogP contribution in [0.25, 0.3) is 0 Å². The molecule has 6 heteroatoms. The van der Waals surface area contributed by atoms with E-state index in [4.69, 9.17) is 5.11 Å². The molecule has 0 saturated heterocycles. The summed E-state index contributed by atoms with van der Waals surface area (Å²) in [6.07, 6.45) is 0.154. The Morgan fingerprint density at radius 1 is 1.35 bits per heavy atom. The molecule has 0 aliphatic rings. The van der Waals surface area contributed by atoms with Crippen LogP contribution >= 0.6 is 0 Å². The second-order valence-corrected chi connectivity index (χ2v) is 3.84. The van der Waals surface area contributed by atoms with Gasteiger partial charge in [-0.3, -0.25) is 0 Å². The summed E-state index contributed by atoms with van der Waals surface area (Å²) in [5.74, 6) is -5.57. The fourth-order valence-corrected chi connectivity index (χ4v) is 1.21. The van der Waals surface area contributed by atoms with E-state index in [2.05, 4.69) is 5.32 Å². The largest absolute Gasteiger partial charge is 0.480 e. The molecule has 0 aliphatic heterocycles. The van der Waals surface area contributed by atoms with Crippen molar-refractivity contribution >= 4 is 11.7 Å². The highest BCUT2D eigenvalue weighted by Gasteiger charge is 2.32. The average molecular weight is 247 g/mol. The van der Waals surface area contributed by atoms with E-state index in [0.29, 0.717) is 0 Å². The lowest BCUT2D eigenvalue weighted by Gasteiger charge is -2.26. The number of benzene rings is 1. The van der Waals surface area contributed by atoms with Gasteiger partial charge in [0, 0.05) is 0 Å². The van der Waals surface area contributed by atoms with E-state index in [9.17, 15) is 18.0 Å². The normalized spacial score (nSPS) is 14.2.